The lowest BCUT2D eigenvalue weighted by atomic mass is 10.2. The molecule has 0 unspecified atom stereocenters. The minimum Gasteiger partial charge on any atom is -0.497 e. The fraction of sp³-hybridized carbons (Fsp3) is 0.143. The van der Waals surface area contributed by atoms with Crippen LogP contribution in [-0.4, -0.2) is 7.11 Å². The van der Waals surface area contributed by atoms with Crippen molar-refractivity contribution in [3.05, 3.63) is 52.3 Å². The van der Waals surface area contributed by atoms with Crippen molar-refractivity contribution in [2.24, 2.45) is 5.73 Å². The van der Waals surface area contributed by atoms with Gasteiger partial charge in [-0.1, -0.05) is 6.07 Å². The number of halogens is 2. The van der Waals surface area contributed by atoms with Crippen molar-refractivity contribution in [1.29, 1.82) is 0 Å². The van der Waals surface area contributed by atoms with E-state index >= 15 is 0 Å². The summed E-state index contributed by atoms with van der Waals surface area (Å²) >= 11 is 3.12. The van der Waals surface area contributed by atoms with Gasteiger partial charge in [0.1, 0.15) is 23.1 Å². The van der Waals surface area contributed by atoms with Crippen LogP contribution in [-0.2, 0) is 6.54 Å². The van der Waals surface area contributed by atoms with Crippen LogP contribution in [0, 0.1) is 5.82 Å². The van der Waals surface area contributed by atoms with Crippen molar-refractivity contribution in [1.82, 2.24) is 0 Å². The molecule has 0 saturated carbocycles. The summed E-state index contributed by atoms with van der Waals surface area (Å²) in [7, 11) is 1.58. The molecule has 0 aliphatic carbocycles. The van der Waals surface area contributed by atoms with Crippen LogP contribution in [0.5, 0.6) is 17.2 Å². The van der Waals surface area contributed by atoms with Gasteiger partial charge in [-0.05, 0) is 40.2 Å². The second kappa shape index (κ2) is 6.04. The van der Waals surface area contributed by atoms with Crippen molar-refractivity contribution in [3.63, 3.8) is 0 Å². The van der Waals surface area contributed by atoms with Crippen molar-refractivity contribution >= 4 is 15.9 Å². The molecule has 3 nitrogen and oxygen atoms in total. The van der Waals surface area contributed by atoms with Crippen LogP contribution in [0.2, 0.25) is 0 Å². The van der Waals surface area contributed by atoms with Crippen LogP contribution in [0.15, 0.2) is 40.9 Å². The van der Waals surface area contributed by atoms with Gasteiger partial charge in [-0.3, -0.25) is 0 Å². The number of benzene rings is 2. The maximum Gasteiger partial charge on any atom is 0.137 e. The first-order valence-electron chi connectivity index (χ1n) is 5.64. The van der Waals surface area contributed by atoms with E-state index in [1.54, 1.807) is 25.3 Å². The second-order valence-corrected chi connectivity index (χ2v) is 4.71. The van der Waals surface area contributed by atoms with Crippen LogP contribution >= 0.6 is 15.9 Å². The molecular weight excluding hydrogens is 313 g/mol. The monoisotopic (exact) mass is 325 g/mol. The maximum atomic E-state index is 13.2. The summed E-state index contributed by atoms with van der Waals surface area (Å²) in [5.74, 6) is 1.46. The quantitative estimate of drug-likeness (QED) is 0.928. The Bertz CT molecular complexity index is 590. The highest BCUT2D eigenvalue weighted by atomic mass is 79.9. The van der Waals surface area contributed by atoms with Crippen LogP contribution in [0.25, 0.3) is 0 Å². The third kappa shape index (κ3) is 3.24. The predicted octanol–water partition coefficient (Wildman–Crippen LogP) is 3.85. The Kier molecular flexibility index (Phi) is 4.39. The zero-order valence-electron chi connectivity index (χ0n) is 10.3. The molecule has 0 aromatic heterocycles. The molecular formula is C14H13BrFNO2. The summed E-state index contributed by atoms with van der Waals surface area (Å²) in [5, 5.41) is 0. The average Bonchev–Trinajstić information content (AvgIpc) is 2.43. The first-order valence-corrected chi connectivity index (χ1v) is 6.43. The molecule has 100 valence electrons. The first-order chi connectivity index (χ1) is 9.13. The Labute approximate surface area is 119 Å². The summed E-state index contributed by atoms with van der Waals surface area (Å²) in [6.07, 6.45) is 0. The van der Waals surface area contributed by atoms with Gasteiger partial charge in [0.05, 0.1) is 11.6 Å². The molecule has 2 aromatic carbocycles. The summed E-state index contributed by atoms with van der Waals surface area (Å²) < 4.78 is 24.4. The molecule has 0 bridgehead atoms. The highest BCUT2D eigenvalue weighted by Gasteiger charge is 2.07. The fourth-order valence-corrected chi connectivity index (χ4v) is 1.95. The molecule has 0 saturated heterocycles. The van der Waals surface area contributed by atoms with Gasteiger partial charge < -0.3 is 15.2 Å². The number of methoxy groups -OCH3 is 1. The fourth-order valence-electron chi connectivity index (χ4n) is 1.59. The molecule has 2 aromatic rings. The van der Waals surface area contributed by atoms with E-state index < -0.39 is 0 Å². The van der Waals surface area contributed by atoms with E-state index in [-0.39, 0.29) is 5.82 Å². The van der Waals surface area contributed by atoms with Crippen molar-refractivity contribution in [2.45, 2.75) is 6.54 Å². The summed E-state index contributed by atoms with van der Waals surface area (Å²) in [4.78, 5) is 0. The number of hydrogen-bond acceptors (Lipinski definition) is 3. The Balaban J connectivity index is 2.33. The molecule has 0 aliphatic heterocycles. The average molecular weight is 326 g/mol. The minimum absolute atomic E-state index is 0.336. The Morgan fingerprint density at radius 1 is 1.16 bits per heavy atom. The SMILES string of the molecule is COc1ccc(CN)c(Oc2ccc(F)c(Br)c2)c1. The van der Waals surface area contributed by atoms with E-state index in [2.05, 4.69) is 15.9 Å². The van der Waals surface area contributed by atoms with E-state index in [0.717, 1.165) is 5.56 Å². The molecule has 2 rings (SSSR count). The van der Waals surface area contributed by atoms with Gasteiger partial charge in [0.2, 0.25) is 0 Å². The lowest BCUT2D eigenvalue weighted by Crippen LogP contribution is -2.00. The maximum absolute atomic E-state index is 13.2. The summed E-state index contributed by atoms with van der Waals surface area (Å²) in [6, 6.07) is 9.86. The van der Waals surface area contributed by atoms with Gasteiger partial charge in [-0.2, -0.15) is 0 Å². The highest BCUT2D eigenvalue weighted by molar-refractivity contribution is 9.10. The lowest BCUT2D eigenvalue weighted by Gasteiger charge is -2.12. The van der Waals surface area contributed by atoms with Crippen molar-refractivity contribution in [2.75, 3.05) is 7.11 Å². The van der Waals surface area contributed by atoms with Gasteiger partial charge in [0, 0.05) is 18.2 Å². The topological polar surface area (TPSA) is 44.5 Å². The first kappa shape index (κ1) is 13.8. The van der Waals surface area contributed by atoms with Crippen LogP contribution in [0.4, 0.5) is 4.39 Å². The number of nitrogens with two attached hydrogens (primary N) is 1. The molecule has 0 radical (unpaired) electrons. The molecule has 0 fully saturated rings. The number of rotatable bonds is 4. The summed E-state index contributed by atoms with van der Waals surface area (Å²) in [6.45, 7) is 0.349. The number of ether oxygens (including phenoxy) is 2. The standard InChI is InChI=1S/C14H13BrFNO2/c1-18-10-3-2-9(8-17)14(7-10)19-11-4-5-13(16)12(15)6-11/h2-7H,8,17H2,1H3. The number of hydrogen-bond donors (Lipinski definition) is 1. The van der Waals surface area contributed by atoms with E-state index in [1.807, 2.05) is 12.1 Å². The molecule has 19 heavy (non-hydrogen) atoms. The zero-order valence-corrected chi connectivity index (χ0v) is 11.9. The third-order valence-electron chi connectivity index (χ3n) is 2.61. The van der Waals surface area contributed by atoms with Gasteiger partial charge in [0.15, 0.2) is 0 Å². The molecule has 0 heterocycles. The van der Waals surface area contributed by atoms with E-state index in [0.29, 0.717) is 28.3 Å². The third-order valence-corrected chi connectivity index (χ3v) is 3.22. The molecule has 2 N–H and O–H groups in total. The van der Waals surface area contributed by atoms with E-state index in [9.17, 15) is 4.39 Å². The zero-order chi connectivity index (χ0) is 13.8. The van der Waals surface area contributed by atoms with Gasteiger partial charge in [-0.15, -0.1) is 0 Å². The summed E-state index contributed by atoms with van der Waals surface area (Å²) in [5.41, 5.74) is 6.51. The van der Waals surface area contributed by atoms with Gasteiger partial charge in [-0.25, -0.2) is 4.39 Å². The van der Waals surface area contributed by atoms with Gasteiger partial charge >= 0.3 is 0 Å². The van der Waals surface area contributed by atoms with Gasteiger partial charge in [0.25, 0.3) is 0 Å². The van der Waals surface area contributed by atoms with Crippen molar-refractivity contribution in [3.8, 4) is 17.2 Å². The van der Waals surface area contributed by atoms with Crippen LogP contribution in [0.3, 0.4) is 0 Å². The minimum atomic E-state index is -0.336. The molecule has 0 amide bonds. The Morgan fingerprint density at radius 2 is 1.89 bits per heavy atom. The molecule has 0 atom stereocenters. The predicted molar refractivity (Wildman–Crippen MR) is 75.1 cm³/mol. The van der Waals surface area contributed by atoms with E-state index in [4.69, 9.17) is 15.2 Å². The smallest absolute Gasteiger partial charge is 0.137 e. The van der Waals surface area contributed by atoms with Crippen LogP contribution < -0.4 is 15.2 Å². The molecule has 0 aliphatic rings. The van der Waals surface area contributed by atoms with Crippen LogP contribution in [0.1, 0.15) is 5.56 Å². The second-order valence-electron chi connectivity index (χ2n) is 3.86. The highest BCUT2D eigenvalue weighted by Crippen LogP contribution is 2.31. The lowest BCUT2D eigenvalue weighted by molar-refractivity contribution is 0.408. The Morgan fingerprint density at radius 3 is 2.53 bits per heavy atom. The van der Waals surface area contributed by atoms with Crippen molar-refractivity contribution < 1.29 is 13.9 Å². The largest absolute Gasteiger partial charge is 0.497 e. The normalized spacial score (nSPS) is 10.3. The molecule has 0 spiro atoms. The van der Waals surface area contributed by atoms with E-state index in [1.165, 1.54) is 6.07 Å². The molecule has 5 heteroatoms. The Hall–Kier alpha value is -1.59.